The first-order chi connectivity index (χ1) is 17.4. The Kier molecular flexibility index (Phi) is 7.09. The van der Waals surface area contributed by atoms with Crippen molar-refractivity contribution in [2.24, 2.45) is 12.8 Å². The largest absolute Gasteiger partial charge is 0.488 e. The van der Waals surface area contributed by atoms with Gasteiger partial charge >= 0.3 is 12.1 Å². The molecule has 9 heteroatoms. The second kappa shape index (κ2) is 10.1. The van der Waals surface area contributed by atoms with Gasteiger partial charge in [-0.1, -0.05) is 54.6 Å². The van der Waals surface area contributed by atoms with Gasteiger partial charge in [-0.15, -0.1) is 0 Å². The third-order valence-electron chi connectivity index (χ3n) is 6.04. The van der Waals surface area contributed by atoms with E-state index in [1.54, 1.807) is 24.7 Å². The number of carbonyl (C=O) groups is 1. The highest BCUT2D eigenvalue weighted by atomic mass is 19.4. The summed E-state index contributed by atoms with van der Waals surface area (Å²) >= 11 is 0. The van der Waals surface area contributed by atoms with Crippen molar-refractivity contribution in [3.8, 4) is 28.1 Å². The molecule has 4 aromatic rings. The number of nitrogens with zero attached hydrogens (tertiary/aromatic N) is 1. The number of ether oxygens (including phenoxy) is 1. The van der Waals surface area contributed by atoms with E-state index in [0.717, 1.165) is 22.8 Å². The Morgan fingerprint density at radius 2 is 1.62 bits per heavy atom. The molecule has 4 rings (SSSR count). The van der Waals surface area contributed by atoms with Gasteiger partial charge in [0.25, 0.3) is 5.82 Å². The van der Waals surface area contributed by atoms with Gasteiger partial charge < -0.3 is 15.6 Å². The third kappa shape index (κ3) is 6.00. The summed E-state index contributed by atoms with van der Waals surface area (Å²) < 4.78 is 49.0. The van der Waals surface area contributed by atoms with E-state index in [1.165, 1.54) is 12.1 Å². The Morgan fingerprint density at radius 3 is 2.24 bits per heavy atom. The van der Waals surface area contributed by atoms with Crippen molar-refractivity contribution >= 4 is 5.97 Å². The van der Waals surface area contributed by atoms with Gasteiger partial charge in [-0.05, 0) is 41.8 Å². The number of benzene rings is 3. The maximum atomic E-state index is 13.9. The lowest BCUT2D eigenvalue weighted by Gasteiger charge is -2.17. The molecular formula is C28H27F3N3O3+. The second-order valence-corrected chi connectivity index (χ2v) is 9.18. The zero-order valence-electron chi connectivity index (χ0n) is 20.3. The lowest BCUT2D eigenvalue weighted by atomic mass is 9.98. The van der Waals surface area contributed by atoms with Crippen LogP contribution in [0, 0.1) is 0 Å². The van der Waals surface area contributed by atoms with Crippen LogP contribution in [0.4, 0.5) is 13.2 Å². The van der Waals surface area contributed by atoms with Crippen LogP contribution in [-0.2, 0) is 30.2 Å². The quantitative estimate of drug-likeness (QED) is 0.276. The number of hydrogen-bond donors (Lipinski definition) is 3. The van der Waals surface area contributed by atoms with Crippen molar-refractivity contribution in [1.29, 1.82) is 0 Å². The topological polar surface area (TPSA) is 92.2 Å². The number of aryl methyl sites for hydroxylation is 1. The highest BCUT2D eigenvalue weighted by Gasteiger charge is 2.37. The fraction of sp³-hybridized carbons (Fsp3) is 0.214. The number of halogens is 3. The average Bonchev–Trinajstić information content (AvgIpc) is 3.25. The number of aliphatic carboxylic acids is 1. The standard InChI is InChI=1S/C28H26F3N3O3/c1-27(32,15-25(35)36)26-33-23(16-34(26)2)21-12-13-24(22(14-21)28(29,30)31)37-17-18-8-10-20(11-9-18)19-6-4-3-5-7-19/h3-14,16H,15,17,32H2,1-2H3,(H,35,36)/p+1/t27-/m0/s1. The molecule has 0 saturated heterocycles. The summed E-state index contributed by atoms with van der Waals surface area (Å²) in [6.07, 6.45) is -3.42. The lowest BCUT2D eigenvalue weighted by molar-refractivity contribution is -0.681. The minimum Gasteiger partial charge on any atom is -0.488 e. The molecule has 0 fully saturated rings. The van der Waals surface area contributed by atoms with E-state index in [9.17, 15) is 18.0 Å². The normalized spacial score (nSPS) is 13.2. The molecule has 0 bridgehead atoms. The molecule has 0 saturated carbocycles. The first-order valence-electron chi connectivity index (χ1n) is 11.5. The molecule has 0 radical (unpaired) electrons. The molecule has 0 aliphatic heterocycles. The number of aromatic nitrogens is 2. The van der Waals surface area contributed by atoms with E-state index in [1.807, 2.05) is 54.6 Å². The Balaban J connectivity index is 1.57. The summed E-state index contributed by atoms with van der Waals surface area (Å²) in [4.78, 5) is 14.2. The highest BCUT2D eigenvalue weighted by Crippen LogP contribution is 2.39. The van der Waals surface area contributed by atoms with Crippen molar-refractivity contribution in [3.63, 3.8) is 0 Å². The molecule has 0 aliphatic carbocycles. The number of rotatable bonds is 8. The monoisotopic (exact) mass is 510 g/mol. The predicted octanol–water partition coefficient (Wildman–Crippen LogP) is 5.42. The smallest absolute Gasteiger partial charge is 0.419 e. The molecule has 0 amide bonds. The van der Waals surface area contributed by atoms with Gasteiger partial charge in [0.05, 0.1) is 19.0 Å². The van der Waals surface area contributed by atoms with Crippen molar-refractivity contribution in [3.05, 3.63) is 95.9 Å². The van der Waals surface area contributed by atoms with Gasteiger partial charge in [0.2, 0.25) is 0 Å². The number of nitrogens with one attached hydrogen (secondary N) is 1. The molecule has 1 heterocycles. The number of carboxylic acids is 1. The summed E-state index contributed by atoms with van der Waals surface area (Å²) in [5.41, 5.74) is 7.41. The van der Waals surface area contributed by atoms with Gasteiger partial charge in [-0.2, -0.15) is 13.2 Å². The third-order valence-corrected chi connectivity index (χ3v) is 6.04. The number of imidazole rings is 1. The molecule has 4 N–H and O–H groups in total. The van der Waals surface area contributed by atoms with Crippen LogP contribution in [0.15, 0.2) is 79.0 Å². The first kappa shape index (κ1) is 26.0. The lowest BCUT2D eigenvalue weighted by Crippen LogP contribution is -2.46. The second-order valence-electron chi connectivity index (χ2n) is 9.18. The summed E-state index contributed by atoms with van der Waals surface area (Å²) in [6.45, 7) is 1.51. The van der Waals surface area contributed by atoms with Crippen LogP contribution in [0.5, 0.6) is 5.75 Å². The zero-order chi connectivity index (χ0) is 26.8. The van der Waals surface area contributed by atoms with Gasteiger partial charge in [-0.25, -0.2) is 9.55 Å². The molecular weight excluding hydrogens is 483 g/mol. The number of H-pyrrole nitrogens is 1. The fourth-order valence-corrected chi connectivity index (χ4v) is 4.23. The molecule has 0 spiro atoms. The molecule has 0 unspecified atom stereocenters. The van der Waals surface area contributed by atoms with Gasteiger partial charge in [0.15, 0.2) is 5.69 Å². The van der Waals surface area contributed by atoms with Crippen molar-refractivity contribution < 1.29 is 32.4 Å². The van der Waals surface area contributed by atoms with Crippen LogP contribution in [0.2, 0.25) is 0 Å². The Hall–Kier alpha value is -4.11. The highest BCUT2D eigenvalue weighted by molar-refractivity contribution is 5.68. The van der Waals surface area contributed by atoms with Gasteiger partial charge in [-0.3, -0.25) is 4.79 Å². The minimum atomic E-state index is -4.65. The average molecular weight is 511 g/mol. The van der Waals surface area contributed by atoms with E-state index in [0.29, 0.717) is 11.5 Å². The molecule has 192 valence electrons. The molecule has 0 aliphatic rings. The van der Waals surface area contributed by atoms with E-state index in [4.69, 9.17) is 15.6 Å². The van der Waals surface area contributed by atoms with Crippen molar-refractivity contribution in [2.45, 2.75) is 31.7 Å². The predicted molar refractivity (Wildman–Crippen MR) is 132 cm³/mol. The van der Waals surface area contributed by atoms with Crippen molar-refractivity contribution in [1.82, 2.24) is 4.98 Å². The van der Waals surface area contributed by atoms with Crippen molar-refractivity contribution in [2.75, 3.05) is 0 Å². The number of nitrogens with two attached hydrogens (primary N) is 1. The maximum absolute atomic E-state index is 13.9. The summed E-state index contributed by atoms with van der Waals surface area (Å²) in [5.74, 6) is -0.997. The van der Waals surface area contributed by atoms with Gasteiger partial charge in [0, 0.05) is 5.56 Å². The van der Waals surface area contributed by atoms with Gasteiger partial charge in [0.1, 0.15) is 24.1 Å². The summed E-state index contributed by atoms with van der Waals surface area (Å²) in [6, 6.07) is 21.0. The van der Waals surface area contributed by atoms with Crippen LogP contribution in [0.25, 0.3) is 22.4 Å². The molecule has 6 nitrogen and oxygen atoms in total. The number of carboxylic acid groups (broad SMARTS) is 1. The maximum Gasteiger partial charge on any atom is 0.419 e. The van der Waals surface area contributed by atoms with Crippen LogP contribution >= 0.6 is 0 Å². The number of aromatic amines is 1. The van der Waals surface area contributed by atoms with E-state index < -0.39 is 23.2 Å². The number of hydrogen-bond acceptors (Lipinski definition) is 3. The Bertz CT molecular complexity index is 1400. The fourth-order valence-electron chi connectivity index (χ4n) is 4.23. The SMILES string of the molecule is C[n+]1cc(-c2ccc(OCc3ccc(-c4ccccc4)cc3)c(C(F)(F)F)c2)[nH]c1[C@@](C)(N)CC(=O)O. The summed E-state index contributed by atoms with van der Waals surface area (Å²) in [5, 5.41) is 9.14. The molecule has 3 aromatic carbocycles. The van der Waals surface area contributed by atoms with Crippen LogP contribution in [0.3, 0.4) is 0 Å². The van der Waals surface area contributed by atoms with E-state index in [2.05, 4.69) is 4.98 Å². The van der Waals surface area contributed by atoms with E-state index >= 15 is 0 Å². The minimum absolute atomic E-state index is 0.0280. The Morgan fingerprint density at radius 1 is 1.00 bits per heavy atom. The molecule has 1 atom stereocenters. The van der Waals surface area contributed by atoms with E-state index in [-0.39, 0.29) is 24.3 Å². The Labute approximate surface area is 212 Å². The van der Waals surface area contributed by atoms with Crippen LogP contribution in [-0.4, -0.2) is 16.1 Å². The molecule has 37 heavy (non-hydrogen) atoms. The number of alkyl halides is 3. The van der Waals surface area contributed by atoms with Crippen LogP contribution in [0.1, 0.15) is 30.3 Å². The zero-order valence-corrected chi connectivity index (χ0v) is 20.3. The first-order valence-corrected chi connectivity index (χ1v) is 11.5. The van der Waals surface area contributed by atoms with Crippen LogP contribution < -0.4 is 15.0 Å². The summed E-state index contributed by atoms with van der Waals surface area (Å²) in [7, 11) is 1.65. The molecule has 1 aromatic heterocycles.